The number of rotatable bonds is 4. The SMILES string of the molecule is CCC[C@]12[C@H]3[C@H]4[C@H]5[C@@H]([C@H]1C(=O)[C@@]41OC(=O)C(C)(C)O1)[C@]2(CCC)[C@@H]3C(=O)[C@@]51OC(=O)C(C)(C)O1. The van der Waals surface area contributed by atoms with Crippen LogP contribution in [0, 0.1) is 46.3 Å². The van der Waals surface area contributed by atoms with Crippen LogP contribution < -0.4 is 0 Å². The molecular weight excluding hydrogens is 440 g/mol. The number of ether oxygens (including phenoxy) is 4. The number of esters is 2. The Morgan fingerprint density at radius 1 is 0.618 bits per heavy atom. The van der Waals surface area contributed by atoms with E-state index in [-0.39, 0.29) is 34.2 Å². The van der Waals surface area contributed by atoms with Gasteiger partial charge in [-0.05, 0) is 63.2 Å². The van der Waals surface area contributed by atoms with E-state index in [9.17, 15) is 19.2 Å². The fourth-order valence-electron chi connectivity index (χ4n) is 10.5. The van der Waals surface area contributed by atoms with Gasteiger partial charge in [0.1, 0.15) is 0 Å². The van der Waals surface area contributed by atoms with E-state index in [1.807, 2.05) is 0 Å². The molecule has 2 spiro atoms. The minimum atomic E-state index is -1.75. The normalized spacial score (nSPS) is 56.1. The van der Waals surface area contributed by atoms with Gasteiger partial charge in [0.15, 0.2) is 11.2 Å². The highest BCUT2D eigenvalue weighted by molar-refractivity contribution is 6.05. The predicted octanol–water partition coefficient (Wildman–Crippen LogP) is 2.56. The van der Waals surface area contributed by atoms with Crippen LogP contribution in [-0.2, 0) is 38.1 Å². The summed E-state index contributed by atoms with van der Waals surface area (Å²) >= 11 is 0. The van der Waals surface area contributed by atoms with Crippen LogP contribution >= 0.6 is 0 Å². The third-order valence-corrected chi connectivity index (χ3v) is 10.8. The van der Waals surface area contributed by atoms with Gasteiger partial charge in [-0.2, -0.15) is 0 Å². The summed E-state index contributed by atoms with van der Waals surface area (Å²) in [6, 6.07) is 0. The second kappa shape index (κ2) is 5.46. The summed E-state index contributed by atoms with van der Waals surface area (Å²) in [7, 11) is 0. The molecule has 2 aliphatic heterocycles. The van der Waals surface area contributed by atoms with Gasteiger partial charge in [-0.1, -0.05) is 26.7 Å². The van der Waals surface area contributed by atoms with Gasteiger partial charge in [-0.15, -0.1) is 0 Å². The summed E-state index contributed by atoms with van der Waals surface area (Å²) in [5.41, 5.74) is -3.12. The first-order valence-corrected chi connectivity index (χ1v) is 12.8. The average molecular weight is 473 g/mol. The molecule has 0 amide bonds. The lowest BCUT2D eigenvalue weighted by molar-refractivity contribution is -0.504. The molecule has 8 aliphatic carbocycles. The molecule has 0 unspecified atom stereocenters. The molecule has 2 heterocycles. The van der Waals surface area contributed by atoms with Gasteiger partial charge in [0.25, 0.3) is 11.6 Å². The van der Waals surface area contributed by atoms with Gasteiger partial charge >= 0.3 is 11.9 Å². The monoisotopic (exact) mass is 472 g/mol. The zero-order valence-electron chi connectivity index (χ0n) is 20.6. The zero-order valence-corrected chi connectivity index (χ0v) is 20.6. The Labute approximate surface area is 198 Å². The fraction of sp³-hybridized carbons (Fsp3) is 0.846. The molecular formula is C26H32O8. The summed E-state index contributed by atoms with van der Waals surface area (Å²) in [6.07, 6.45) is 3.51. The predicted molar refractivity (Wildman–Crippen MR) is 114 cm³/mol. The number of Topliss-reactive ketones (excluding diaryl/α,β-unsaturated/α-hetero) is 2. The molecule has 0 radical (unpaired) electrons. The van der Waals surface area contributed by atoms with Crippen LogP contribution in [0.3, 0.4) is 0 Å². The highest BCUT2D eigenvalue weighted by atomic mass is 16.8. The lowest BCUT2D eigenvalue weighted by Gasteiger charge is -2.94. The molecule has 0 N–H and O–H groups in total. The molecule has 10 rings (SSSR count). The second-order valence-corrected chi connectivity index (χ2v) is 12.7. The van der Waals surface area contributed by atoms with Gasteiger partial charge in [-0.25, -0.2) is 9.59 Å². The van der Waals surface area contributed by atoms with Crippen LogP contribution in [0.5, 0.6) is 0 Å². The Morgan fingerprint density at radius 2 is 0.971 bits per heavy atom. The Kier molecular flexibility index (Phi) is 3.45. The Hall–Kier alpha value is -1.80. The zero-order chi connectivity index (χ0) is 24.4. The average Bonchev–Trinajstić information content (AvgIpc) is 3.14. The maximum atomic E-state index is 14.2. The minimum absolute atomic E-state index is 0.150. The molecule has 10 fully saturated rings. The number of hydrogen-bond acceptors (Lipinski definition) is 8. The van der Waals surface area contributed by atoms with Crippen LogP contribution in [-0.4, -0.2) is 46.3 Å². The first-order valence-electron chi connectivity index (χ1n) is 12.8. The second-order valence-electron chi connectivity index (χ2n) is 12.7. The number of carbonyl (C=O) groups excluding carboxylic acids is 4. The molecule has 8 saturated carbocycles. The summed E-state index contributed by atoms with van der Waals surface area (Å²) in [5, 5.41) is 0. The molecule has 34 heavy (non-hydrogen) atoms. The number of hydrogen-bond donors (Lipinski definition) is 0. The van der Waals surface area contributed by atoms with E-state index in [4.69, 9.17) is 18.9 Å². The molecule has 10 atom stereocenters. The van der Waals surface area contributed by atoms with E-state index in [2.05, 4.69) is 13.8 Å². The Bertz CT molecular complexity index is 1020. The smallest absolute Gasteiger partial charge is 0.340 e. The summed E-state index contributed by atoms with van der Waals surface area (Å²) in [6.45, 7) is 10.7. The largest absolute Gasteiger partial charge is 0.423 e. The molecule has 0 aromatic carbocycles. The van der Waals surface area contributed by atoms with E-state index in [1.165, 1.54) is 0 Å². The van der Waals surface area contributed by atoms with E-state index >= 15 is 0 Å². The fourth-order valence-corrected chi connectivity index (χ4v) is 10.5. The van der Waals surface area contributed by atoms with E-state index in [0.29, 0.717) is 0 Å². The number of ketones is 2. The van der Waals surface area contributed by atoms with Crippen molar-refractivity contribution in [1.29, 1.82) is 0 Å². The van der Waals surface area contributed by atoms with Gasteiger partial charge < -0.3 is 18.9 Å². The molecule has 0 aromatic rings. The maximum Gasteiger partial charge on any atom is 0.340 e. The molecule has 184 valence electrons. The van der Waals surface area contributed by atoms with Crippen LogP contribution in [0.1, 0.15) is 67.2 Å². The number of carbonyl (C=O) groups is 4. The quantitative estimate of drug-likeness (QED) is 0.575. The molecule has 2 saturated heterocycles. The molecule has 8 heteroatoms. The van der Waals surface area contributed by atoms with Gasteiger partial charge in [0, 0.05) is 23.7 Å². The Morgan fingerprint density at radius 3 is 1.24 bits per heavy atom. The first kappa shape index (κ1) is 21.5. The van der Waals surface area contributed by atoms with Gasteiger partial charge in [-0.3, -0.25) is 9.59 Å². The first-order chi connectivity index (χ1) is 15.8. The maximum absolute atomic E-state index is 14.2. The van der Waals surface area contributed by atoms with E-state index < -0.39 is 58.4 Å². The van der Waals surface area contributed by atoms with E-state index in [0.717, 1.165) is 25.7 Å². The lowest BCUT2D eigenvalue weighted by atomic mass is 9.07. The van der Waals surface area contributed by atoms with Crippen molar-refractivity contribution in [1.82, 2.24) is 0 Å². The van der Waals surface area contributed by atoms with Crippen LogP contribution in [0.4, 0.5) is 0 Å². The minimum Gasteiger partial charge on any atom is -0.423 e. The molecule has 10 aliphatic rings. The third-order valence-electron chi connectivity index (χ3n) is 10.8. The van der Waals surface area contributed by atoms with Crippen molar-refractivity contribution < 1.29 is 38.1 Å². The van der Waals surface area contributed by atoms with Crippen molar-refractivity contribution in [2.45, 2.75) is 90.0 Å². The van der Waals surface area contributed by atoms with Crippen molar-refractivity contribution in [2.24, 2.45) is 46.3 Å². The summed E-state index contributed by atoms with van der Waals surface area (Å²) in [5.74, 6) is -7.22. The molecule has 8 bridgehead atoms. The van der Waals surface area contributed by atoms with E-state index in [1.54, 1.807) is 27.7 Å². The van der Waals surface area contributed by atoms with Crippen molar-refractivity contribution in [3.8, 4) is 0 Å². The Balaban J connectivity index is 1.47. The summed E-state index contributed by atoms with van der Waals surface area (Å²) in [4.78, 5) is 54.0. The molecule has 8 nitrogen and oxygen atoms in total. The standard InChI is InChI=1S/C26H32O8/c1-7-9-23-11-13-14-12(15(23)17(27)25(13)31-19(29)21(3,4)33-25)24(23,10-8-2)16(11)18(28)26(14)32-20(30)22(5,6)34-26/h11-16H,7-10H2,1-6H3/t11-,12-,13-,14+,15-,16-,23-,24+,25+,26+/m0/s1. The van der Waals surface area contributed by atoms with Crippen LogP contribution in [0.25, 0.3) is 0 Å². The van der Waals surface area contributed by atoms with Crippen molar-refractivity contribution in [3.63, 3.8) is 0 Å². The van der Waals surface area contributed by atoms with Gasteiger partial charge in [0.05, 0.1) is 0 Å². The highest BCUT2D eigenvalue weighted by Gasteiger charge is 3.03. The third kappa shape index (κ3) is 1.64. The van der Waals surface area contributed by atoms with Crippen molar-refractivity contribution >= 4 is 23.5 Å². The van der Waals surface area contributed by atoms with Crippen LogP contribution in [0.15, 0.2) is 0 Å². The highest BCUT2D eigenvalue weighted by Crippen LogP contribution is 2.97. The van der Waals surface area contributed by atoms with Gasteiger partial charge in [0.2, 0.25) is 11.6 Å². The van der Waals surface area contributed by atoms with Crippen molar-refractivity contribution in [3.05, 3.63) is 0 Å². The summed E-state index contributed by atoms with van der Waals surface area (Å²) < 4.78 is 24.3. The topological polar surface area (TPSA) is 105 Å². The molecule has 0 aromatic heterocycles. The van der Waals surface area contributed by atoms with Crippen molar-refractivity contribution in [2.75, 3.05) is 0 Å². The lowest BCUT2D eigenvalue weighted by Crippen LogP contribution is -3.00. The van der Waals surface area contributed by atoms with Crippen LogP contribution in [0.2, 0.25) is 0 Å².